The fourth-order valence-corrected chi connectivity index (χ4v) is 3.86. The molecule has 2 rings (SSSR count). The summed E-state index contributed by atoms with van der Waals surface area (Å²) in [6.07, 6.45) is 2.68. The fourth-order valence-electron chi connectivity index (χ4n) is 2.95. The molecular weight excluding hydrogens is 228 g/mol. The molecule has 1 aromatic rings. The summed E-state index contributed by atoms with van der Waals surface area (Å²) in [6, 6.07) is 1.05. The average Bonchev–Trinajstić information content (AvgIpc) is 2.75. The van der Waals surface area contributed by atoms with Crippen LogP contribution < -0.4 is 5.32 Å². The Morgan fingerprint density at radius 3 is 2.47 bits per heavy atom. The van der Waals surface area contributed by atoms with Crippen LogP contribution in [0.25, 0.3) is 0 Å². The molecule has 0 amide bonds. The molecule has 0 radical (unpaired) electrons. The summed E-state index contributed by atoms with van der Waals surface area (Å²) >= 11 is 1.81. The number of hydrogen-bond donors (Lipinski definition) is 1. The van der Waals surface area contributed by atoms with Gasteiger partial charge in [0.05, 0.1) is 10.7 Å². The van der Waals surface area contributed by atoms with E-state index in [1.165, 1.54) is 28.4 Å². The highest BCUT2D eigenvalue weighted by molar-refractivity contribution is 7.11. The molecule has 0 spiro atoms. The molecule has 1 aromatic heterocycles. The second kappa shape index (κ2) is 5.07. The zero-order valence-corrected chi connectivity index (χ0v) is 12.4. The lowest BCUT2D eigenvalue weighted by atomic mass is 9.97. The van der Waals surface area contributed by atoms with E-state index < -0.39 is 0 Å². The largest absolute Gasteiger partial charge is 0.306 e. The second-order valence-electron chi connectivity index (χ2n) is 5.58. The normalized spacial score (nSPS) is 30.8. The van der Waals surface area contributed by atoms with Crippen LogP contribution in [0.1, 0.15) is 55.2 Å². The van der Waals surface area contributed by atoms with Crippen molar-refractivity contribution in [3.8, 4) is 0 Å². The third kappa shape index (κ3) is 2.71. The van der Waals surface area contributed by atoms with Gasteiger partial charge in [-0.3, -0.25) is 0 Å². The third-order valence-electron chi connectivity index (χ3n) is 4.28. The topological polar surface area (TPSA) is 24.9 Å². The Kier molecular flexibility index (Phi) is 3.88. The standard InChI is InChI=1S/C14H24N2S/c1-8-6-7-13(9(8)2)15-10(3)14-11(4)17-12(5)16-14/h8-10,13,15H,6-7H2,1-5H3. The monoisotopic (exact) mass is 252 g/mol. The van der Waals surface area contributed by atoms with Gasteiger partial charge >= 0.3 is 0 Å². The van der Waals surface area contributed by atoms with E-state index in [0.717, 1.165) is 11.8 Å². The Morgan fingerprint density at radius 2 is 2.00 bits per heavy atom. The number of aromatic nitrogens is 1. The van der Waals surface area contributed by atoms with Crippen LogP contribution in [0, 0.1) is 25.7 Å². The molecule has 4 unspecified atom stereocenters. The molecular formula is C14H24N2S. The molecule has 96 valence electrons. The van der Waals surface area contributed by atoms with Crippen molar-refractivity contribution in [2.45, 2.75) is 59.5 Å². The SMILES string of the molecule is Cc1nc(C(C)NC2CCC(C)C2C)c(C)s1. The summed E-state index contributed by atoms with van der Waals surface area (Å²) in [6.45, 7) is 11.3. The summed E-state index contributed by atoms with van der Waals surface area (Å²) < 4.78 is 0. The second-order valence-corrected chi connectivity index (χ2v) is 6.99. The number of nitrogens with one attached hydrogen (secondary N) is 1. The van der Waals surface area contributed by atoms with Gasteiger partial charge in [0, 0.05) is 17.0 Å². The maximum absolute atomic E-state index is 4.65. The molecule has 4 atom stereocenters. The summed E-state index contributed by atoms with van der Waals surface area (Å²) in [7, 11) is 0. The molecule has 1 aliphatic carbocycles. The minimum atomic E-state index is 0.387. The minimum absolute atomic E-state index is 0.387. The number of hydrogen-bond acceptors (Lipinski definition) is 3. The molecule has 0 bridgehead atoms. The minimum Gasteiger partial charge on any atom is -0.306 e. The molecule has 1 fully saturated rings. The first kappa shape index (κ1) is 13.0. The van der Waals surface area contributed by atoms with Gasteiger partial charge in [0.2, 0.25) is 0 Å². The van der Waals surface area contributed by atoms with Gasteiger partial charge in [-0.1, -0.05) is 13.8 Å². The average molecular weight is 252 g/mol. The van der Waals surface area contributed by atoms with Crippen molar-refractivity contribution in [2.75, 3.05) is 0 Å². The number of aryl methyl sites for hydroxylation is 2. The lowest BCUT2D eigenvalue weighted by Crippen LogP contribution is -2.34. The van der Waals surface area contributed by atoms with E-state index in [1.807, 2.05) is 0 Å². The maximum Gasteiger partial charge on any atom is 0.0900 e. The van der Waals surface area contributed by atoms with E-state index in [0.29, 0.717) is 12.1 Å². The highest BCUT2D eigenvalue weighted by Gasteiger charge is 2.31. The van der Waals surface area contributed by atoms with Crippen LogP contribution in [0.4, 0.5) is 0 Å². The van der Waals surface area contributed by atoms with Crippen LogP contribution in [0.2, 0.25) is 0 Å². The van der Waals surface area contributed by atoms with E-state index >= 15 is 0 Å². The van der Waals surface area contributed by atoms with Gasteiger partial charge in [0.25, 0.3) is 0 Å². The zero-order chi connectivity index (χ0) is 12.6. The highest BCUT2D eigenvalue weighted by Crippen LogP contribution is 2.33. The first-order valence-electron chi connectivity index (χ1n) is 6.69. The fraction of sp³-hybridized carbons (Fsp3) is 0.786. The van der Waals surface area contributed by atoms with E-state index in [4.69, 9.17) is 0 Å². The zero-order valence-electron chi connectivity index (χ0n) is 11.6. The smallest absolute Gasteiger partial charge is 0.0900 e. The molecule has 1 heterocycles. The highest BCUT2D eigenvalue weighted by atomic mass is 32.1. The lowest BCUT2D eigenvalue weighted by Gasteiger charge is -2.23. The van der Waals surface area contributed by atoms with E-state index in [-0.39, 0.29) is 0 Å². The third-order valence-corrected chi connectivity index (χ3v) is 5.18. The Labute approximate surface area is 109 Å². The van der Waals surface area contributed by atoms with Gasteiger partial charge in [-0.25, -0.2) is 4.98 Å². The van der Waals surface area contributed by atoms with Crippen LogP contribution in [-0.2, 0) is 0 Å². The van der Waals surface area contributed by atoms with Crippen molar-refractivity contribution in [3.05, 3.63) is 15.6 Å². The van der Waals surface area contributed by atoms with Gasteiger partial charge in [0.1, 0.15) is 0 Å². The van der Waals surface area contributed by atoms with E-state index in [9.17, 15) is 0 Å². The van der Waals surface area contributed by atoms with Crippen LogP contribution in [0.3, 0.4) is 0 Å². The Morgan fingerprint density at radius 1 is 1.29 bits per heavy atom. The number of nitrogens with zero attached hydrogens (tertiary/aromatic N) is 1. The lowest BCUT2D eigenvalue weighted by molar-refractivity contribution is 0.345. The number of rotatable bonds is 3. The van der Waals surface area contributed by atoms with Crippen molar-refractivity contribution in [1.82, 2.24) is 10.3 Å². The van der Waals surface area contributed by atoms with E-state index in [1.54, 1.807) is 11.3 Å². The molecule has 3 heteroatoms. The van der Waals surface area contributed by atoms with Gasteiger partial charge in [0.15, 0.2) is 0 Å². The van der Waals surface area contributed by atoms with E-state index in [2.05, 4.69) is 44.9 Å². The van der Waals surface area contributed by atoms with Crippen molar-refractivity contribution in [2.24, 2.45) is 11.8 Å². The molecule has 0 aromatic carbocycles. The molecule has 0 aliphatic heterocycles. The summed E-state index contributed by atoms with van der Waals surface area (Å²) in [5.41, 5.74) is 1.25. The van der Waals surface area contributed by atoms with Crippen molar-refractivity contribution < 1.29 is 0 Å². The molecule has 1 aliphatic rings. The van der Waals surface area contributed by atoms with Crippen molar-refractivity contribution in [3.63, 3.8) is 0 Å². The summed E-state index contributed by atoms with van der Waals surface area (Å²) in [4.78, 5) is 6.01. The molecule has 1 saturated carbocycles. The molecule has 17 heavy (non-hydrogen) atoms. The molecule has 1 N–H and O–H groups in total. The summed E-state index contributed by atoms with van der Waals surface area (Å²) in [5.74, 6) is 1.65. The first-order chi connectivity index (χ1) is 7.99. The maximum atomic E-state index is 4.65. The Bertz CT molecular complexity index is 386. The van der Waals surface area contributed by atoms with Crippen LogP contribution in [-0.4, -0.2) is 11.0 Å². The van der Waals surface area contributed by atoms with Gasteiger partial charge in [-0.15, -0.1) is 11.3 Å². The van der Waals surface area contributed by atoms with Crippen molar-refractivity contribution in [1.29, 1.82) is 0 Å². The predicted molar refractivity (Wildman–Crippen MR) is 74.5 cm³/mol. The quantitative estimate of drug-likeness (QED) is 0.884. The van der Waals surface area contributed by atoms with Crippen LogP contribution in [0.15, 0.2) is 0 Å². The molecule has 0 saturated heterocycles. The summed E-state index contributed by atoms with van der Waals surface area (Å²) in [5, 5.41) is 4.95. The van der Waals surface area contributed by atoms with Crippen molar-refractivity contribution >= 4 is 11.3 Å². The molecule has 2 nitrogen and oxygen atoms in total. The first-order valence-corrected chi connectivity index (χ1v) is 7.50. The Balaban J connectivity index is 2.02. The van der Waals surface area contributed by atoms with Crippen LogP contribution in [0.5, 0.6) is 0 Å². The van der Waals surface area contributed by atoms with Gasteiger partial charge < -0.3 is 5.32 Å². The predicted octanol–water partition coefficient (Wildman–Crippen LogP) is 3.85. The van der Waals surface area contributed by atoms with Crippen LogP contribution >= 0.6 is 11.3 Å². The van der Waals surface area contributed by atoms with Gasteiger partial charge in [-0.05, 0) is 45.4 Å². The number of thiazole rings is 1. The Hall–Kier alpha value is -0.410. The van der Waals surface area contributed by atoms with Gasteiger partial charge in [-0.2, -0.15) is 0 Å².